The Morgan fingerprint density at radius 1 is 0.397 bits per heavy atom. The standard InChI is InChI=1S/C56H33N5OS/c1-4-14-34(15-5-1)55-57-56(61(58-55)38-18-8-3-9-19-38)60-47-27-24-35(36-25-28-50-44(31-36)40-21-11-13-23-49(40)62-50)30-42(47)41-26-29-51-53(54(41)60)45-32-43-39-20-10-12-22-46(39)59(37-16-6-2-7-17-37)48(43)33-52(45)63-51/h1-33H. The summed E-state index contributed by atoms with van der Waals surface area (Å²) in [5, 5.41) is 14.7. The van der Waals surface area contributed by atoms with Gasteiger partial charge in [-0.3, -0.25) is 4.57 Å². The topological polar surface area (TPSA) is 53.7 Å². The maximum absolute atomic E-state index is 6.23. The highest BCUT2D eigenvalue weighted by Gasteiger charge is 2.25. The van der Waals surface area contributed by atoms with E-state index in [1.165, 1.54) is 42.0 Å². The first-order valence-electron chi connectivity index (χ1n) is 21.2. The van der Waals surface area contributed by atoms with Crippen LogP contribution >= 0.6 is 11.3 Å². The van der Waals surface area contributed by atoms with Crippen molar-refractivity contribution in [3.8, 4) is 39.8 Å². The Morgan fingerprint density at radius 2 is 1.05 bits per heavy atom. The Morgan fingerprint density at radius 3 is 1.87 bits per heavy atom. The van der Waals surface area contributed by atoms with E-state index >= 15 is 0 Å². The minimum atomic E-state index is 0.666. The average molecular weight is 824 g/mol. The number of rotatable bonds is 5. The van der Waals surface area contributed by atoms with Crippen LogP contribution in [0.2, 0.25) is 0 Å². The lowest BCUT2D eigenvalue weighted by Crippen LogP contribution is -2.06. The molecule has 0 aliphatic rings. The Balaban J connectivity index is 1.10. The zero-order valence-corrected chi connectivity index (χ0v) is 34.4. The Labute approximate surface area is 363 Å². The number of fused-ring (bicyclic) bond motifs is 13. The molecule has 0 amide bonds. The van der Waals surface area contributed by atoms with Crippen molar-refractivity contribution in [2.75, 3.05) is 0 Å². The van der Waals surface area contributed by atoms with Crippen molar-refractivity contribution in [2.45, 2.75) is 0 Å². The molecule has 0 fully saturated rings. The predicted molar refractivity (Wildman–Crippen MR) is 261 cm³/mol. The van der Waals surface area contributed by atoms with Gasteiger partial charge in [-0.1, -0.05) is 121 Å². The SMILES string of the molecule is c1ccc(-c2nc(-n3c4ccc(-c5ccc6oc7ccccc7c6c5)cc4c4ccc5sc6cc7c(cc6c5c43)c3ccccc3n7-c3ccccc3)n(-c3ccccc3)n2)cc1. The van der Waals surface area contributed by atoms with Crippen molar-refractivity contribution < 1.29 is 4.42 Å². The molecular formula is C56H33N5OS. The second kappa shape index (κ2) is 13.1. The summed E-state index contributed by atoms with van der Waals surface area (Å²) in [6, 6.07) is 71.2. The minimum Gasteiger partial charge on any atom is -0.456 e. The lowest BCUT2D eigenvalue weighted by molar-refractivity contribution is 0.669. The third kappa shape index (κ3) is 5.05. The molecule has 0 saturated heterocycles. The average Bonchev–Trinajstić information content (AvgIpc) is 4.17. The van der Waals surface area contributed by atoms with Crippen LogP contribution < -0.4 is 0 Å². The highest BCUT2D eigenvalue weighted by molar-refractivity contribution is 7.26. The van der Waals surface area contributed by atoms with Gasteiger partial charge in [0.05, 0.1) is 27.8 Å². The van der Waals surface area contributed by atoms with Crippen molar-refractivity contribution in [3.05, 3.63) is 200 Å². The molecule has 0 radical (unpaired) electrons. The van der Waals surface area contributed by atoms with Gasteiger partial charge in [0.25, 0.3) is 0 Å². The van der Waals surface area contributed by atoms with Gasteiger partial charge >= 0.3 is 0 Å². The molecule has 0 aliphatic heterocycles. The van der Waals surface area contributed by atoms with Gasteiger partial charge in [0.1, 0.15) is 11.2 Å². The maximum Gasteiger partial charge on any atom is 0.238 e. The highest BCUT2D eigenvalue weighted by atomic mass is 32.1. The Hall–Kier alpha value is -8.26. The van der Waals surface area contributed by atoms with Gasteiger partial charge in [0, 0.05) is 63.7 Å². The zero-order valence-electron chi connectivity index (χ0n) is 33.6. The summed E-state index contributed by atoms with van der Waals surface area (Å²) in [7, 11) is 0. The van der Waals surface area contributed by atoms with Gasteiger partial charge in [0.2, 0.25) is 5.95 Å². The third-order valence-corrected chi connectivity index (χ3v) is 13.8. The molecule has 0 atom stereocenters. The summed E-state index contributed by atoms with van der Waals surface area (Å²) in [4.78, 5) is 5.44. The van der Waals surface area contributed by atoms with E-state index in [1.54, 1.807) is 0 Å². The fourth-order valence-electron chi connectivity index (χ4n) is 9.88. The Bertz CT molecular complexity index is 4140. The molecule has 7 heteroatoms. The van der Waals surface area contributed by atoms with Gasteiger partial charge in [-0.25, -0.2) is 0 Å². The van der Waals surface area contributed by atoms with E-state index in [2.05, 4.69) is 173 Å². The summed E-state index contributed by atoms with van der Waals surface area (Å²) in [5.74, 6) is 1.40. The van der Waals surface area contributed by atoms with Crippen LogP contribution in [0, 0.1) is 0 Å². The van der Waals surface area contributed by atoms with Crippen LogP contribution in [-0.2, 0) is 0 Å². The van der Waals surface area contributed by atoms with Crippen LogP contribution in [0.15, 0.2) is 205 Å². The summed E-state index contributed by atoms with van der Waals surface area (Å²) in [6.07, 6.45) is 0. The maximum atomic E-state index is 6.23. The molecule has 0 aliphatic carbocycles. The Kier molecular flexibility index (Phi) is 7.17. The number of aromatic nitrogens is 5. The molecule has 6 nitrogen and oxygen atoms in total. The second-order valence-electron chi connectivity index (χ2n) is 16.2. The smallest absolute Gasteiger partial charge is 0.238 e. The number of para-hydroxylation sites is 4. The first kappa shape index (κ1) is 34.5. The van der Waals surface area contributed by atoms with Crippen LogP contribution in [0.3, 0.4) is 0 Å². The molecule has 14 rings (SSSR count). The number of nitrogens with zero attached hydrogens (tertiary/aromatic N) is 5. The first-order chi connectivity index (χ1) is 31.2. The van der Waals surface area contributed by atoms with E-state index < -0.39 is 0 Å². The largest absolute Gasteiger partial charge is 0.456 e. The third-order valence-electron chi connectivity index (χ3n) is 12.7. The fourth-order valence-corrected chi connectivity index (χ4v) is 11.0. The molecular weight excluding hydrogens is 791 g/mol. The molecule has 0 saturated carbocycles. The molecule has 0 bridgehead atoms. The molecule has 63 heavy (non-hydrogen) atoms. The quantitative estimate of drug-likeness (QED) is 0.174. The monoisotopic (exact) mass is 823 g/mol. The molecule has 294 valence electrons. The molecule has 0 spiro atoms. The van der Waals surface area contributed by atoms with E-state index in [4.69, 9.17) is 14.5 Å². The second-order valence-corrected chi connectivity index (χ2v) is 17.3. The lowest BCUT2D eigenvalue weighted by Gasteiger charge is -2.11. The summed E-state index contributed by atoms with van der Waals surface area (Å²) < 4.78 is 15.5. The molecule has 0 N–H and O–H groups in total. The molecule has 9 aromatic carbocycles. The number of hydrogen-bond acceptors (Lipinski definition) is 4. The zero-order chi connectivity index (χ0) is 41.2. The van der Waals surface area contributed by atoms with Crippen molar-refractivity contribution in [1.82, 2.24) is 23.9 Å². The van der Waals surface area contributed by atoms with Crippen LogP contribution in [0.25, 0.3) is 126 Å². The van der Waals surface area contributed by atoms with E-state index in [9.17, 15) is 0 Å². The molecule has 5 heterocycles. The van der Waals surface area contributed by atoms with E-state index in [-0.39, 0.29) is 0 Å². The fraction of sp³-hybridized carbons (Fsp3) is 0. The van der Waals surface area contributed by atoms with E-state index in [1.807, 2.05) is 52.4 Å². The molecule has 5 aromatic heterocycles. The van der Waals surface area contributed by atoms with Crippen LogP contribution in [0.5, 0.6) is 0 Å². The normalized spacial score (nSPS) is 12.1. The molecule has 0 unspecified atom stereocenters. The van der Waals surface area contributed by atoms with Crippen molar-refractivity contribution in [2.24, 2.45) is 0 Å². The highest BCUT2D eigenvalue weighted by Crippen LogP contribution is 2.47. The van der Waals surface area contributed by atoms with Crippen LogP contribution in [-0.4, -0.2) is 23.9 Å². The first-order valence-corrected chi connectivity index (χ1v) is 22.0. The predicted octanol–water partition coefficient (Wildman–Crippen LogP) is 15.1. The number of furan rings is 1. The van der Waals surface area contributed by atoms with E-state index in [0.717, 1.165) is 77.8 Å². The van der Waals surface area contributed by atoms with Crippen LogP contribution in [0.1, 0.15) is 0 Å². The van der Waals surface area contributed by atoms with Gasteiger partial charge < -0.3 is 8.98 Å². The van der Waals surface area contributed by atoms with Crippen molar-refractivity contribution in [1.29, 1.82) is 0 Å². The van der Waals surface area contributed by atoms with Gasteiger partial charge in [-0.05, 0) is 90.0 Å². The van der Waals surface area contributed by atoms with Gasteiger partial charge in [-0.15, -0.1) is 16.4 Å². The minimum absolute atomic E-state index is 0.666. The summed E-state index contributed by atoms with van der Waals surface area (Å²) in [6.45, 7) is 0. The molecule has 14 aromatic rings. The lowest BCUT2D eigenvalue weighted by atomic mass is 10.00. The van der Waals surface area contributed by atoms with E-state index in [0.29, 0.717) is 5.82 Å². The van der Waals surface area contributed by atoms with Crippen molar-refractivity contribution in [3.63, 3.8) is 0 Å². The number of hydrogen-bond donors (Lipinski definition) is 0. The van der Waals surface area contributed by atoms with Crippen LogP contribution in [0.4, 0.5) is 0 Å². The summed E-state index contributed by atoms with van der Waals surface area (Å²) >= 11 is 1.85. The van der Waals surface area contributed by atoms with Gasteiger partial charge in [0.15, 0.2) is 5.82 Å². The summed E-state index contributed by atoms with van der Waals surface area (Å²) in [5.41, 5.74) is 11.7. The number of benzene rings is 9. The number of thiophene rings is 1. The van der Waals surface area contributed by atoms with Crippen molar-refractivity contribution >= 4 is 97.1 Å². The van der Waals surface area contributed by atoms with Gasteiger partial charge in [-0.2, -0.15) is 9.67 Å².